The highest BCUT2D eigenvalue weighted by Crippen LogP contribution is 2.22. The van der Waals surface area contributed by atoms with E-state index < -0.39 is 0 Å². The highest BCUT2D eigenvalue weighted by Gasteiger charge is 2.24. The first-order valence-corrected chi connectivity index (χ1v) is 6.65. The second-order valence-electron chi connectivity index (χ2n) is 4.80. The van der Waals surface area contributed by atoms with E-state index in [9.17, 15) is 5.11 Å². The average Bonchev–Trinajstić information content (AvgIpc) is 2.73. The molecule has 0 spiro atoms. The number of aromatic nitrogens is 2. The molecule has 0 saturated heterocycles. The van der Waals surface area contributed by atoms with Gasteiger partial charge in [0.25, 0.3) is 0 Å². The van der Waals surface area contributed by atoms with Gasteiger partial charge in [0.2, 0.25) is 0 Å². The summed E-state index contributed by atoms with van der Waals surface area (Å²) in [5, 5.41) is 17.8. The topological polar surface area (TPSA) is 61.3 Å². The molecular formula is C11H22N4OS. The SMILES string of the molecule is CCCNc1snnc1CN(C)C(C)(C)CO. The Morgan fingerprint density at radius 3 is 2.76 bits per heavy atom. The molecule has 0 bridgehead atoms. The fourth-order valence-electron chi connectivity index (χ4n) is 1.24. The third kappa shape index (κ3) is 3.90. The third-order valence-electron chi connectivity index (χ3n) is 2.90. The minimum absolute atomic E-state index is 0.124. The third-order valence-corrected chi connectivity index (χ3v) is 3.62. The molecular weight excluding hydrogens is 236 g/mol. The summed E-state index contributed by atoms with van der Waals surface area (Å²) in [6.45, 7) is 7.89. The Balaban J connectivity index is 2.65. The molecule has 5 nitrogen and oxygen atoms in total. The zero-order chi connectivity index (χ0) is 12.9. The van der Waals surface area contributed by atoms with Gasteiger partial charge < -0.3 is 10.4 Å². The van der Waals surface area contributed by atoms with Crippen molar-refractivity contribution < 1.29 is 5.11 Å². The van der Waals surface area contributed by atoms with E-state index >= 15 is 0 Å². The van der Waals surface area contributed by atoms with Crippen molar-refractivity contribution in [3.05, 3.63) is 5.69 Å². The molecule has 0 atom stereocenters. The smallest absolute Gasteiger partial charge is 0.134 e. The van der Waals surface area contributed by atoms with Crippen LogP contribution < -0.4 is 5.32 Å². The molecule has 1 aromatic rings. The zero-order valence-corrected chi connectivity index (χ0v) is 11.8. The summed E-state index contributed by atoms with van der Waals surface area (Å²) in [7, 11) is 1.99. The second kappa shape index (κ2) is 6.28. The summed E-state index contributed by atoms with van der Waals surface area (Å²) >= 11 is 1.39. The zero-order valence-electron chi connectivity index (χ0n) is 11.0. The van der Waals surface area contributed by atoms with Crippen molar-refractivity contribution in [1.29, 1.82) is 0 Å². The molecule has 0 unspecified atom stereocenters. The van der Waals surface area contributed by atoms with Crippen molar-refractivity contribution in [3.63, 3.8) is 0 Å². The van der Waals surface area contributed by atoms with Gasteiger partial charge in [0, 0.05) is 30.2 Å². The van der Waals surface area contributed by atoms with Crippen LogP contribution in [0.5, 0.6) is 0 Å². The van der Waals surface area contributed by atoms with Gasteiger partial charge in [-0.05, 0) is 27.3 Å². The summed E-state index contributed by atoms with van der Waals surface area (Å²) in [4.78, 5) is 2.08. The van der Waals surface area contributed by atoms with Gasteiger partial charge in [0.15, 0.2) is 0 Å². The number of aliphatic hydroxyl groups excluding tert-OH is 1. The molecule has 0 radical (unpaired) electrons. The van der Waals surface area contributed by atoms with Crippen molar-refractivity contribution in [2.24, 2.45) is 0 Å². The fraction of sp³-hybridized carbons (Fsp3) is 0.818. The molecule has 0 aromatic carbocycles. The van der Waals surface area contributed by atoms with E-state index in [1.54, 1.807) is 0 Å². The quantitative estimate of drug-likeness (QED) is 0.777. The average molecular weight is 258 g/mol. The van der Waals surface area contributed by atoms with Crippen LogP contribution in [0, 0.1) is 0 Å². The molecule has 1 aromatic heterocycles. The first kappa shape index (κ1) is 14.3. The van der Waals surface area contributed by atoms with E-state index in [4.69, 9.17) is 0 Å². The molecule has 0 aliphatic rings. The van der Waals surface area contributed by atoms with Crippen molar-refractivity contribution in [2.75, 3.05) is 25.5 Å². The van der Waals surface area contributed by atoms with Crippen LogP contribution in [0.3, 0.4) is 0 Å². The standard InChI is InChI=1S/C11H22N4OS/c1-5-6-12-10-9(13-14-17-10)7-15(4)11(2,3)8-16/h12,16H,5-8H2,1-4H3. The summed E-state index contributed by atoms with van der Waals surface area (Å²) in [5.74, 6) is 0. The molecule has 0 amide bonds. The minimum Gasteiger partial charge on any atom is -0.394 e. The van der Waals surface area contributed by atoms with Gasteiger partial charge in [-0.2, -0.15) is 0 Å². The summed E-state index contributed by atoms with van der Waals surface area (Å²) in [6.07, 6.45) is 1.08. The lowest BCUT2D eigenvalue weighted by Gasteiger charge is -2.33. The summed E-state index contributed by atoms with van der Waals surface area (Å²) in [6, 6.07) is 0. The van der Waals surface area contributed by atoms with Crippen molar-refractivity contribution in [3.8, 4) is 0 Å². The normalized spacial score (nSPS) is 12.1. The Morgan fingerprint density at radius 2 is 2.18 bits per heavy atom. The van der Waals surface area contributed by atoms with Crippen LogP contribution in [0.4, 0.5) is 5.00 Å². The lowest BCUT2D eigenvalue weighted by Crippen LogP contribution is -2.43. The second-order valence-corrected chi connectivity index (χ2v) is 5.56. The van der Waals surface area contributed by atoms with E-state index in [0.717, 1.165) is 23.7 Å². The molecule has 6 heteroatoms. The highest BCUT2D eigenvalue weighted by molar-refractivity contribution is 7.10. The summed E-state index contributed by atoms with van der Waals surface area (Å²) in [5.41, 5.74) is 0.707. The Kier molecular flexibility index (Phi) is 5.30. The summed E-state index contributed by atoms with van der Waals surface area (Å²) < 4.78 is 3.98. The monoisotopic (exact) mass is 258 g/mol. The van der Waals surface area contributed by atoms with E-state index in [1.165, 1.54) is 11.5 Å². The van der Waals surface area contributed by atoms with Crippen LogP contribution in [0.1, 0.15) is 32.9 Å². The molecule has 2 N–H and O–H groups in total. The first-order chi connectivity index (χ1) is 8.01. The molecule has 0 aliphatic carbocycles. The van der Waals surface area contributed by atoms with Gasteiger partial charge in [-0.15, -0.1) is 5.10 Å². The maximum Gasteiger partial charge on any atom is 0.134 e. The van der Waals surface area contributed by atoms with Crippen molar-refractivity contribution in [1.82, 2.24) is 14.5 Å². The molecule has 0 aliphatic heterocycles. The van der Waals surface area contributed by atoms with Crippen LogP contribution in [0.2, 0.25) is 0 Å². The van der Waals surface area contributed by atoms with Gasteiger partial charge in [-0.1, -0.05) is 11.4 Å². The largest absolute Gasteiger partial charge is 0.394 e. The first-order valence-electron chi connectivity index (χ1n) is 5.88. The molecule has 17 heavy (non-hydrogen) atoms. The number of rotatable bonds is 7. The van der Waals surface area contributed by atoms with Crippen LogP contribution in [0.25, 0.3) is 0 Å². The van der Waals surface area contributed by atoms with E-state index in [1.807, 2.05) is 20.9 Å². The van der Waals surface area contributed by atoms with Crippen LogP contribution in [-0.2, 0) is 6.54 Å². The van der Waals surface area contributed by atoms with Gasteiger partial charge in [-0.25, -0.2) is 0 Å². The lowest BCUT2D eigenvalue weighted by atomic mass is 10.1. The Hall–Kier alpha value is -0.720. The Bertz CT molecular complexity index is 340. The van der Waals surface area contributed by atoms with Crippen molar-refractivity contribution in [2.45, 2.75) is 39.3 Å². The van der Waals surface area contributed by atoms with Gasteiger partial charge in [-0.3, -0.25) is 4.90 Å². The van der Waals surface area contributed by atoms with Crippen LogP contribution in [0.15, 0.2) is 0 Å². The fourth-order valence-corrected chi connectivity index (χ4v) is 1.84. The van der Waals surface area contributed by atoms with Gasteiger partial charge in [0.05, 0.1) is 6.61 Å². The predicted octanol–water partition coefficient (Wildman–Crippen LogP) is 1.56. The number of nitrogens with zero attached hydrogens (tertiary/aromatic N) is 3. The Morgan fingerprint density at radius 1 is 1.47 bits per heavy atom. The number of hydrogen-bond acceptors (Lipinski definition) is 6. The molecule has 1 rings (SSSR count). The van der Waals surface area contributed by atoms with Gasteiger partial charge >= 0.3 is 0 Å². The van der Waals surface area contributed by atoms with E-state index in [2.05, 4.69) is 26.7 Å². The number of nitrogens with one attached hydrogen (secondary N) is 1. The van der Waals surface area contributed by atoms with Crippen LogP contribution >= 0.6 is 11.5 Å². The number of aliphatic hydroxyl groups is 1. The minimum atomic E-state index is -0.244. The van der Waals surface area contributed by atoms with Crippen molar-refractivity contribution >= 4 is 16.5 Å². The number of likely N-dealkylation sites (N-methyl/N-ethyl adjacent to an activating group) is 1. The van der Waals surface area contributed by atoms with Gasteiger partial charge in [0.1, 0.15) is 10.7 Å². The predicted molar refractivity (Wildman–Crippen MR) is 71.3 cm³/mol. The van der Waals surface area contributed by atoms with Crippen LogP contribution in [-0.4, -0.2) is 45.3 Å². The highest BCUT2D eigenvalue weighted by atomic mass is 32.1. The maximum atomic E-state index is 9.31. The van der Waals surface area contributed by atoms with E-state index in [0.29, 0.717) is 6.54 Å². The molecule has 0 saturated carbocycles. The molecule has 1 heterocycles. The number of anilines is 1. The number of hydrogen-bond donors (Lipinski definition) is 2. The van der Waals surface area contributed by atoms with E-state index in [-0.39, 0.29) is 12.1 Å². The molecule has 0 fully saturated rings. The molecule has 98 valence electrons. The maximum absolute atomic E-state index is 9.31. The Labute approximate surface area is 107 Å². The lowest BCUT2D eigenvalue weighted by molar-refractivity contribution is 0.0726.